The average molecular weight is 318 g/mol. The topological polar surface area (TPSA) is 84.5 Å². The van der Waals surface area contributed by atoms with Crippen molar-refractivity contribution in [3.05, 3.63) is 29.3 Å². The average Bonchev–Trinajstić information content (AvgIpc) is 3.27. The Hall–Kier alpha value is -2.16. The largest absolute Gasteiger partial charge is 0.454 e. The minimum absolute atomic E-state index is 0.0863. The number of hydrogen-bond donors (Lipinski definition) is 3. The van der Waals surface area contributed by atoms with E-state index in [9.17, 15) is 4.79 Å². The number of hydrazine groups is 1. The molecule has 0 unspecified atom stereocenters. The van der Waals surface area contributed by atoms with E-state index in [1.807, 2.05) is 18.2 Å². The molecule has 2 aliphatic rings. The van der Waals surface area contributed by atoms with Crippen LogP contribution in [0.2, 0.25) is 0 Å². The number of ether oxygens (including phenoxy) is 2. The molecule has 0 aliphatic carbocycles. The minimum Gasteiger partial charge on any atom is -0.454 e. The van der Waals surface area contributed by atoms with Crippen LogP contribution in [0.4, 0.5) is 0 Å². The molecule has 1 aromatic carbocycles. The number of benzene rings is 1. The molecule has 1 fully saturated rings. The Bertz CT molecular complexity index is 712. The van der Waals surface area contributed by atoms with Crippen molar-refractivity contribution >= 4 is 17.2 Å². The summed E-state index contributed by atoms with van der Waals surface area (Å²) < 4.78 is 10.7. The molecule has 3 heterocycles. The fraction of sp³-hybridized carbons (Fsp3) is 0.286. The third-order valence-corrected chi connectivity index (χ3v) is 4.40. The lowest BCUT2D eigenvalue weighted by Crippen LogP contribution is -2.38. The van der Waals surface area contributed by atoms with Crippen molar-refractivity contribution in [1.29, 1.82) is 0 Å². The third kappa shape index (κ3) is 2.52. The summed E-state index contributed by atoms with van der Waals surface area (Å²) in [6.45, 7) is 1.67. The van der Waals surface area contributed by atoms with Gasteiger partial charge in [0.25, 0.3) is 5.91 Å². The number of carbonyl (C=O) groups is 1. The third-order valence-electron chi connectivity index (χ3n) is 3.51. The van der Waals surface area contributed by atoms with E-state index >= 15 is 0 Å². The maximum atomic E-state index is 12.2. The van der Waals surface area contributed by atoms with E-state index in [1.165, 1.54) is 11.3 Å². The molecule has 0 saturated carbocycles. The van der Waals surface area contributed by atoms with Crippen molar-refractivity contribution in [3.63, 3.8) is 0 Å². The first-order valence-electron chi connectivity index (χ1n) is 6.92. The van der Waals surface area contributed by atoms with Gasteiger partial charge in [0.05, 0.1) is 6.04 Å². The zero-order valence-corrected chi connectivity index (χ0v) is 12.4. The molecule has 1 amide bonds. The molecule has 0 atom stereocenters. The minimum atomic E-state index is -0.154. The van der Waals surface area contributed by atoms with E-state index in [0.29, 0.717) is 24.5 Å². The quantitative estimate of drug-likeness (QED) is 0.774. The van der Waals surface area contributed by atoms with Crippen LogP contribution in [0.25, 0.3) is 10.6 Å². The molecule has 7 nitrogen and oxygen atoms in total. The summed E-state index contributed by atoms with van der Waals surface area (Å²) >= 11 is 1.43. The summed E-state index contributed by atoms with van der Waals surface area (Å²) in [5.74, 6) is 1.29. The second-order valence-electron chi connectivity index (χ2n) is 5.04. The summed E-state index contributed by atoms with van der Waals surface area (Å²) in [7, 11) is 0. The molecule has 8 heteroatoms. The molecule has 4 rings (SSSR count). The summed E-state index contributed by atoms with van der Waals surface area (Å²) in [6.07, 6.45) is 0. The number of aromatic nitrogens is 1. The monoisotopic (exact) mass is 318 g/mol. The number of nitrogens with one attached hydrogen (secondary N) is 3. The van der Waals surface area contributed by atoms with Gasteiger partial charge in [0, 0.05) is 24.0 Å². The predicted molar refractivity (Wildman–Crippen MR) is 80.9 cm³/mol. The Morgan fingerprint density at radius 3 is 2.95 bits per heavy atom. The van der Waals surface area contributed by atoms with Gasteiger partial charge in [-0.15, -0.1) is 11.3 Å². The number of hydrogen-bond acceptors (Lipinski definition) is 7. The van der Waals surface area contributed by atoms with Crippen molar-refractivity contribution in [2.45, 2.75) is 6.04 Å². The lowest BCUT2D eigenvalue weighted by molar-refractivity contribution is 0.0937. The maximum absolute atomic E-state index is 12.2. The fourth-order valence-electron chi connectivity index (χ4n) is 2.36. The van der Waals surface area contributed by atoms with Gasteiger partial charge in [0.1, 0.15) is 10.7 Å². The highest BCUT2D eigenvalue weighted by Crippen LogP contribution is 2.36. The van der Waals surface area contributed by atoms with Crippen LogP contribution in [0, 0.1) is 0 Å². The second-order valence-corrected chi connectivity index (χ2v) is 5.90. The van der Waals surface area contributed by atoms with Gasteiger partial charge in [-0.2, -0.15) is 0 Å². The van der Waals surface area contributed by atoms with E-state index in [2.05, 4.69) is 21.2 Å². The Morgan fingerprint density at radius 1 is 1.27 bits per heavy atom. The van der Waals surface area contributed by atoms with Crippen molar-refractivity contribution in [3.8, 4) is 22.1 Å². The van der Waals surface area contributed by atoms with Crippen LogP contribution in [-0.2, 0) is 0 Å². The Kier molecular flexibility index (Phi) is 3.41. The number of fused-ring (bicyclic) bond motifs is 1. The number of nitrogens with zero attached hydrogens (tertiary/aromatic N) is 1. The van der Waals surface area contributed by atoms with Gasteiger partial charge in [-0.3, -0.25) is 15.6 Å². The first-order chi connectivity index (χ1) is 10.8. The maximum Gasteiger partial charge on any atom is 0.271 e. The first-order valence-corrected chi connectivity index (χ1v) is 7.80. The molecule has 22 heavy (non-hydrogen) atoms. The van der Waals surface area contributed by atoms with Gasteiger partial charge in [-0.25, -0.2) is 4.98 Å². The molecular formula is C14H14N4O3S. The molecule has 0 spiro atoms. The molecule has 1 aromatic heterocycles. The van der Waals surface area contributed by atoms with Crippen molar-refractivity contribution in [2.75, 3.05) is 19.9 Å². The Balaban J connectivity index is 1.52. The molecule has 1 saturated heterocycles. The van der Waals surface area contributed by atoms with Crippen molar-refractivity contribution in [2.24, 2.45) is 0 Å². The highest BCUT2D eigenvalue weighted by molar-refractivity contribution is 7.13. The molecular weight excluding hydrogens is 304 g/mol. The van der Waals surface area contributed by atoms with Gasteiger partial charge >= 0.3 is 0 Å². The van der Waals surface area contributed by atoms with Gasteiger partial charge in [0.2, 0.25) is 6.79 Å². The Morgan fingerprint density at radius 2 is 2.09 bits per heavy atom. The highest BCUT2D eigenvalue weighted by atomic mass is 32.1. The summed E-state index contributed by atoms with van der Waals surface area (Å²) in [5, 5.41) is 5.49. The lowest BCUT2D eigenvalue weighted by atomic mass is 10.2. The van der Waals surface area contributed by atoms with E-state index in [-0.39, 0.29) is 18.7 Å². The Labute approximate surface area is 130 Å². The van der Waals surface area contributed by atoms with E-state index < -0.39 is 0 Å². The van der Waals surface area contributed by atoms with Crippen LogP contribution in [0.1, 0.15) is 10.5 Å². The second kappa shape index (κ2) is 5.56. The molecule has 0 bridgehead atoms. The van der Waals surface area contributed by atoms with Crippen LogP contribution in [0.5, 0.6) is 11.5 Å². The van der Waals surface area contributed by atoms with Gasteiger partial charge < -0.3 is 14.8 Å². The van der Waals surface area contributed by atoms with E-state index in [4.69, 9.17) is 9.47 Å². The molecule has 114 valence electrons. The predicted octanol–water partition coefficient (Wildman–Crippen LogP) is 0.745. The fourth-order valence-corrected chi connectivity index (χ4v) is 3.16. The number of rotatable bonds is 3. The zero-order chi connectivity index (χ0) is 14.9. The lowest BCUT2D eigenvalue weighted by Gasteiger charge is -2.08. The molecule has 0 radical (unpaired) electrons. The standard InChI is InChI=1S/C14H14N4O3S/c19-13(17-9-4-15-16-5-9)10-6-22-14(18-10)8-1-2-11-12(3-8)21-7-20-11/h1-3,6,9,15-16H,4-5,7H2,(H,17,19). The summed E-state index contributed by atoms with van der Waals surface area (Å²) in [6, 6.07) is 5.74. The van der Waals surface area contributed by atoms with Gasteiger partial charge in [0.15, 0.2) is 11.5 Å². The van der Waals surface area contributed by atoms with Gasteiger partial charge in [-0.05, 0) is 18.2 Å². The van der Waals surface area contributed by atoms with Crippen LogP contribution in [0.15, 0.2) is 23.6 Å². The van der Waals surface area contributed by atoms with Crippen LogP contribution in [-0.4, -0.2) is 36.8 Å². The number of carbonyl (C=O) groups excluding carboxylic acids is 1. The first kappa shape index (κ1) is 13.5. The zero-order valence-electron chi connectivity index (χ0n) is 11.6. The summed E-state index contributed by atoms with van der Waals surface area (Å²) in [4.78, 5) is 16.6. The molecule has 2 aromatic rings. The normalized spacial score (nSPS) is 16.9. The van der Waals surface area contributed by atoms with E-state index in [1.54, 1.807) is 5.38 Å². The van der Waals surface area contributed by atoms with Crippen molar-refractivity contribution in [1.82, 2.24) is 21.2 Å². The highest BCUT2D eigenvalue weighted by Gasteiger charge is 2.20. The number of thiazole rings is 1. The summed E-state index contributed by atoms with van der Waals surface area (Å²) in [5.41, 5.74) is 7.30. The van der Waals surface area contributed by atoms with Crippen molar-refractivity contribution < 1.29 is 14.3 Å². The van der Waals surface area contributed by atoms with Gasteiger partial charge in [-0.1, -0.05) is 0 Å². The van der Waals surface area contributed by atoms with E-state index in [0.717, 1.165) is 16.3 Å². The van der Waals surface area contributed by atoms with Crippen LogP contribution in [0.3, 0.4) is 0 Å². The SMILES string of the molecule is O=C(NC1CNNC1)c1csc(-c2ccc3c(c2)OCO3)n1. The molecule has 2 aliphatic heterocycles. The van der Waals surface area contributed by atoms with Crippen LogP contribution < -0.4 is 25.6 Å². The number of amides is 1. The van der Waals surface area contributed by atoms with Crippen LogP contribution >= 0.6 is 11.3 Å². The molecule has 3 N–H and O–H groups in total. The smallest absolute Gasteiger partial charge is 0.271 e.